The third-order valence-electron chi connectivity index (χ3n) is 16.3. The highest BCUT2D eigenvalue weighted by Crippen LogP contribution is 2.48. The number of amides is 4. The maximum absolute atomic E-state index is 15.4. The molecule has 2 aliphatic carbocycles. The molecule has 5 heterocycles. The zero-order chi connectivity index (χ0) is 53.5. The average molecular weight is 1070 g/mol. The van der Waals surface area contributed by atoms with Crippen LogP contribution in [0.1, 0.15) is 125 Å². The highest BCUT2D eigenvalue weighted by atomic mass is 32.2. The molecule has 5 aliphatic rings. The van der Waals surface area contributed by atoms with Crippen LogP contribution < -0.4 is 24.8 Å². The van der Waals surface area contributed by atoms with Gasteiger partial charge < -0.3 is 29.9 Å². The first-order chi connectivity index (χ1) is 36.5. The molecular formula is C58H70N8O8S2. The predicted octanol–water partition coefficient (Wildman–Crippen LogP) is 8.54. The summed E-state index contributed by atoms with van der Waals surface area (Å²) in [5.41, 5.74) is 3.84. The topological polar surface area (TPSA) is 192 Å². The number of nitrogens with zero attached hydrogens (tertiary/aromatic N) is 5. The zero-order valence-corrected chi connectivity index (χ0v) is 46.0. The number of ether oxygens (including phenoxy) is 2. The predicted molar refractivity (Wildman–Crippen MR) is 295 cm³/mol. The molecule has 5 aromatic rings. The number of aryl methyl sites for hydroxylation is 1. The van der Waals surface area contributed by atoms with Crippen molar-refractivity contribution in [1.29, 1.82) is 0 Å². The van der Waals surface area contributed by atoms with E-state index in [4.69, 9.17) is 19.4 Å². The van der Waals surface area contributed by atoms with Gasteiger partial charge in [0.05, 0.1) is 29.6 Å². The Morgan fingerprint density at radius 3 is 2.42 bits per heavy atom. The van der Waals surface area contributed by atoms with E-state index in [0.717, 1.165) is 42.2 Å². The number of nitrogens with one attached hydrogen (secondary N) is 3. The minimum Gasteiger partial charge on any atom is -0.496 e. The lowest BCUT2D eigenvalue weighted by molar-refractivity contribution is -0.140. The van der Waals surface area contributed by atoms with E-state index in [1.807, 2.05) is 77.9 Å². The first kappa shape index (κ1) is 53.0. The number of sulfonamides is 1. The number of anilines is 1. The Morgan fingerprint density at radius 2 is 1.70 bits per heavy atom. The average Bonchev–Trinajstić information content (AvgIpc) is 4.24. The molecule has 4 fully saturated rings. The minimum atomic E-state index is -4.03. The van der Waals surface area contributed by atoms with Crippen molar-refractivity contribution in [2.45, 2.75) is 133 Å². The van der Waals surface area contributed by atoms with Gasteiger partial charge in [-0.3, -0.25) is 28.8 Å². The van der Waals surface area contributed by atoms with Gasteiger partial charge in [-0.25, -0.2) is 18.4 Å². The van der Waals surface area contributed by atoms with Gasteiger partial charge in [0.2, 0.25) is 21.8 Å². The molecule has 4 amide bonds. The van der Waals surface area contributed by atoms with Gasteiger partial charge in [0.1, 0.15) is 45.9 Å². The summed E-state index contributed by atoms with van der Waals surface area (Å²) in [6, 6.07) is 21.6. The number of aromatic nitrogens is 2. The molecule has 10 rings (SSSR count). The van der Waals surface area contributed by atoms with Gasteiger partial charge in [0.25, 0.3) is 11.8 Å². The van der Waals surface area contributed by atoms with Crippen LogP contribution in [0.2, 0.25) is 0 Å². The SMILES string of the molecule is COc1ccc2c(O[C@@H]3C[C@H]4C(=O)N[C@]5(C(=O)NS(=O)(=O)C6(C)CC6)C[C@H]5/C=C\CCCCC[C@H](Nc5cccc(C(=O)N6CCN(C(C)c7ccccc7)CC6)c5)C(=O)N4C3)cc(-c3nc(C(C)C)cs3)nc2c1C. The molecule has 16 nitrogen and oxygen atoms in total. The Kier molecular flexibility index (Phi) is 15.1. The highest BCUT2D eigenvalue weighted by Gasteiger charge is 2.63. The van der Waals surface area contributed by atoms with Gasteiger partial charge in [0, 0.05) is 78.2 Å². The number of allylic oxidation sites excluding steroid dienone is 1. The largest absolute Gasteiger partial charge is 0.496 e. The number of thiazole rings is 1. The second-order valence-corrected chi connectivity index (χ2v) is 25.0. The van der Waals surface area contributed by atoms with Crippen LogP contribution in [0.25, 0.3) is 21.6 Å². The second-order valence-electron chi connectivity index (χ2n) is 21.9. The fourth-order valence-corrected chi connectivity index (χ4v) is 13.2. The van der Waals surface area contributed by atoms with Crippen LogP contribution in [0.15, 0.2) is 90.3 Å². The number of hydrogen-bond acceptors (Lipinski definition) is 13. The summed E-state index contributed by atoms with van der Waals surface area (Å²) in [6.45, 7) is 12.6. The van der Waals surface area contributed by atoms with Crippen LogP contribution in [0, 0.1) is 12.8 Å². The molecule has 6 atom stereocenters. The molecule has 402 valence electrons. The van der Waals surface area contributed by atoms with E-state index in [-0.39, 0.29) is 43.2 Å². The third-order valence-corrected chi connectivity index (χ3v) is 19.4. The maximum Gasteiger partial charge on any atom is 0.259 e. The molecule has 2 saturated carbocycles. The van der Waals surface area contributed by atoms with Crippen LogP contribution >= 0.6 is 11.3 Å². The number of carbonyl (C=O) groups excluding carboxylic acids is 4. The van der Waals surface area contributed by atoms with Crippen molar-refractivity contribution in [3.8, 4) is 22.2 Å². The molecule has 1 unspecified atom stereocenters. The van der Waals surface area contributed by atoms with Crippen molar-refractivity contribution in [3.63, 3.8) is 0 Å². The lowest BCUT2D eigenvalue weighted by Gasteiger charge is -2.38. The van der Waals surface area contributed by atoms with E-state index < -0.39 is 56.2 Å². The number of carbonyl (C=O) groups is 4. The Labute approximate surface area is 450 Å². The summed E-state index contributed by atoms with van der Waals surface area (Å²) in [6.07, 6.45) is 7.84. The summed E-state index contributed by atoms with van der Waals surface area (Å²) in [4.78, 5) is 74.7. The van der Waals surface area contributed by atoms with Crippen LogP contribution in [-0.2, 0) is 24.4 Å². The third kappa shape index (κ3) is 10.8. The second kappa shape index (κ2) is 21.6. The van der Waals surface area contributed by atoms with E-state index in [1.54, 1.807) is 31.1 Å². The minimum absolute atomic E-state index is 0.0286. The van der Waals surface area contributed by atoms with Crippen LogP contribution in [0.5, 0.6) is 11.5 Å². The molecule has 3 N–H and O–H groups in total. The Bertz CT molecular complexity index is 3150. The van der Waals surface area contributed by atoms with Crippen molar-refractivity contribution >= 4 is 61.6 Å². The number of rotatable bonds is 13. The van der Waals surface area contributed by atoms with Crippen molar-refractivity contribution in [3.05, 3.63) is 113 Å². The van der Waals surface area contributed by atoms with Gasteiger partial charge in [-0.05, 0) is 101 Å². The van der Waals surface area contributed by atoms with Crippen LogP contribution in [0.4, 0.5) is 5.69 Å². The Morgan fingerprint density at radius 1 is 0.921 bits per heavy atom. The molecule has 3 aliphatic heterocycles. The quantitative estimate of drug-likeness (QED) is 0.0954. The molecule has 2 saturated heterocycles. The first-order valence-electron chi connectivity index (χ1n) is 26.9. The molecule has 76 heavy (non-hydrogen) atoms. The summed E-state index contributed by atoms with van der Waals surface area (Å²) in [7, 11) is -2.42. The summed E-state index contributed by atoms with van der Waals surface area (Å²) >= 11 is 1.49. The van der Waals surface area contributed by atoms with Gasteiger partial charge in [-0.15, -0.1) is 11.3 Å². The number of pyridine rings is 1. The molecule has 0 spiro atoms. The monoisotopic (exact) mass is 1070 g/mol. The molecule has 0 radical (unpaired) electrons. The van der Waals surface area contributed by atoms with Gasteiger partial charge >= 0.3 is 0 Å². The van der Waals surface area contributed by atoms with Crippen LogP contribution in [0.3, 0.4) is 0 Å². The summed E-state index contributed by atoms with van der Waals surface area (Å²) < 4.78 is 40.9. The van der Waals surface area contributed by atoms with E-state index >= 15 is 9.59 Å². The lowest BCUT2D eigenvalue weighted by Crippen LogP contribution is -2.58. The number of methoxy groups -OCH3 is 1. The Hall–Kier alpha value is -6.37. The molecule has 18 heteroatoms. The van der Waals surface area contributed by atoms with E-state index in [2.05, 4.69) is 53.2 Å². The summed E-state index contributed by atoms with van der Waals surface area (Å²) in [5, 5.41) is 9.99. The normalized spacial score (nSPS) is 24.8. The van der Waals surface area contributed by atoms with E-state index in [9.17, 15) is 18.0 Å². The number of benzene rings is 3. The van der Waals surface area contributed by atoms with Gasteiger partial charge in [-0.2, -0.15) is 0 Å². The van der Waals surface area contributed by atoms with Crippen molar-refractivity contribution in [1.82, 2.24) is 34.7 Å². The lowest BCUT2D eigenvalue weighted by atomic mass is 10.0. The number of piperazine rings is 1. The molecule has 0 bridgehead atoms. The van der Waals surface area contributed by atoms with E-state index in [0.29, 0.717) is 84.5 Å². The smallest absolute Gasteiger partial charge is 0.259 e. The van der Waals surface area contributed by atoms with Crippen molar-refractivity contribution in [2.24, 2.45) is 5.92 Å². The molecule has 2 aromatic heterocycles. The first-order valence-corrected chi connectivity index (χ1v) is 29.3. The molecular weight excluding hydrogens is 1000 g/mol. The standard InChI is InChI=1S/C58H70N8O8S2/c1-36(2)47-35-75-53(61-47)46-32-50(44-22-23-49(73-6)37(3)51(44)60-46)74-43-31-48-52(67)62-58(56(70)63-76(71,72)57(5)24-25-57)33-41(58)19-13-8-7-9-14-21-45(55(69)66(48)34-43)59-42-20-15-18-40(30-42)54(68)65-28-26-64(27-29-65)38(4)39-16-11-10-12-17-39/h10-13,15-20,22-23,30,32,35-36,38,41,43,45,48,59H,7-9,14,21,24-29,31,33-34H2,1-6H3,(H,62,67)(H,63,70)/b19-13-/t38?,41-,43-,45+,48+,58-/m1/s1. The van der Waals surface area contributed by atoms with Crippen molar-refractivity contribution in [2.75, 3.05) is 45.2 Å². The van der Waals surface area contributed by atoms with Crippen molar-refractivity contribution < 1.29 is 37.1 Å². The zero-order valence-electron chi connectivity index (χ0n) is 44.3. The summed E-state index contributed by atoms with van der Waals surface area (Å²) in [5.74, 6) is -0.860. The van der Waals surface area contributed by atoms with Gasteiger partial charge in [0.15, 0.2) is 0 Å². The fourth-order valence-electron chi connectivity index (χ4n) is 11.0. The highest BCUT2D eigenvalue weighted by molar-refractivity contribution is 7.91. The van der Waals surface area contributed by atoms with Crippen LogP contribution in [-0.4, -0.2) is 125 Å². The maximum atomic E-state index is 15.4. The molecule has 3 aromatic carbocycles. The van der Waals surface area contributed by atoms with E-state index in [1.165, 1.54) is 16.9 Å². The Balaban J connectivity index is 0.948. The number of hydrogen-bond donors (Lipinski definition) is 3. The van der Waals surface area contributed by atoms with Gasteiger partial charge in [-0.1, -0.05) is 75.2 Å². The fraction of sp³-hybridized carbons (Fsp3) is 0.483. The number of fused-ring (bicyclic) bond motifs is 3.